The Morgan fingerprint density at radius 1 is 1.15 bits per heavy atom. The molecule has 2 N–H and O–H groups in total. The van der Waals surface area contributed by atoms with Gasteiger partial charge in [0.2, 0.25) is 0 Å². The molecule has 0 aromatic heterocycles. The van der Waals surface area contributed by atoms with Crippen LogP contribution in [0.4, 0.5) is 0 Å². The third kappa shape index (κ3) is 5.14. The first-order valence-electron chi connectivity index (χ1n) is 6.49. The van der Waals surface area contributed by atoms with E-state index in [1.165, 1.54) is 0 Å². The standard InChI is InChI=1S/C15H19NO4/c1-2-3-9-19-14(17)13(10-16)15(18)20-11-12-7-5-4-6-8-12/h4-8,10H,2-3,9,11,16H2,1H3/b13-10-. The summed E-state index contributed by atoms with van der Waals surface area (Å²) in [5, 5.41) is 0. The molecule has 0 saturated heterocycles. The van der Waals surface area contributed by atoms with Crippen LogP contribution in [-0.4, -0.2) is 18.5 Å². The zero-order chi connectivity index (χ0) is 14.8. The summed E-state index contributed by atoms with van der Waals surface area (Å²) < 4.78 is 9.94. The van der Waals surface area contributed by atoms with Crippen LogP contribution in [0.1, 0.15) is 25.3 Å². The van der Waals surface area contributed by atoms with Gasteiger partial charge in [-0.2, -0.15) is 0 Å². The van der Waals surface area contributed by atoms with Gasteiger partial charge < -0.3 is 15.2 Å². The predicted octanol–water partition coefficient (Wildman–Crippen LogP) is 1.92. The van der Waals surface area contributed by atoms with E-state index >= 15 is 0 Å². The van der Waals surface area contributed by atoms with Crippen molar-refractivity contribution in [2.24, 2.45) is 5.73 Å². The molecule has 0 aliphatic rings. The van der Waals surface area contributed by atoms with E-state index in [9.17, 15) is 9.59 Å². The van der Waals surface area contributed by atoms with E-state index in [1.54, 1.807) is 0 Å². The Morgan fingerprint density at radius 2 is 1.80 bits per heavy atom. The molecule has 0 atom stereocenters. The number of carbonyl (C=O) groups is 2. The number of carbonyl (C=O) groups excluding carboxylic acids is 2. The minimum atomic E-state index is -0.780. The summed E-state index contributed by atoms with van der Waals surface area (Å²) in [6.45, 7) is 2.32. The topological polar surface area (TPSA) is 78.6 Å². The second-order valence-corrected chi connectivity index (χ2v) is 4.13. The largest absolute Gasteiger partial charge is 0.462 e. The van der Waals surface area contributed by atoms with Crippen molar-refractivity contribution in [2.75, 3.05) is 6.61 Å². The number of esters is 2. The van der Waals surface area contributed by atoms with Gasteiger partial charge in [-0.1, -0.05) is 43.7 Å². The van der Waals surface area contributed by atoms with Gasteiger partial charge in [-0.15, -0.1) is 0 Å². The lowest BCUT2D eigenvalue weighted by Crippen LogP contribution is -2.20. The second kappa shape index (κ2) is 8.74. The molecule has 0 bridgehead atoms. The van der Waals surface area contributed by atoms with Gasteiger partial charge in [0.05, 0.1) is 6.61 Å². The molecule has 0 aliphatic carbocycles. The molecule has 0 heterocycles. The summed E-state index contributed by atoms with van der Waals surface area (Å²) in [5.41, 5.74) is 5.83. The fourth-order valence-corrected chi connectivity index (χ4v) is 1.41. The fraction of sp³-hybridized carbons (Fsp3) is 0.333. The molecule has 0 saturated carbocycles. The van der Waals surface area contributed by atoms with E-state index in [0.29, 0.717) is 0 Å². The predicted molar refractivity (Wildman–Crippen MR) is 74.4 cm³/mol. The lowest BCUT2D eigenvalue weighted by atomic mass is 10.2. The van der Waals surface area contributed by atoms with E-state index < -0.39 is 11.9 Å². The first-order valence-corrected chi connectivity index (χ1v) is 6.49. The van der Waals surface area contributed by atoms with E-state index in [4.69, 9.17) is 15.2 Å². The summed E-state index contributed by atoms with van der Waals surface area (Å²) >= 11 is 0. The highest BCUT2D eigenvalue weighted by Crippen LogP contribution is 2.06. The first-order chi connectivity index (χ1) is 9.69. The van der Waals surface area contributed by atoms with Gasteiger partial charge in [0.15, 0.2) is 5.57 Å². The second-order valence-electron chi connectivity index (χ2n) is 4.13. The fourth-order valence-electron chi connectivity index (χ4n) is 1.41. The van der Waals surface area contributed by atoms with E-state index in [0.717, 1.165) is 24.6 Å². The monoisotopic (exact) mass is 277 g/mol. The van der Waals surface area contributed by atoms with Crippen LogP contribution in [0.25, 0.3) is 0 Å². The average Bonchev–Trinajstić information content (AvgIpc) is 2.47. The van der Waals surface area contributed by atoms with Crippen molar-refractivity contribution >= 4 is 11.9 Å². The molecule has 5 nitrogen and oxygen atoms in total. The quantitative estimate of drug-likeness (QED) is 0.271. The molecule has 0 radical (unpaired) electrons. The smallest absolute Gasteiger partial charge is 0.347 e. The molecule has 0 amide bonds. The van der Waals surface area contributed by atoms with Crippen molar-refractivity contribution in [3.63, 3.8) is 0 Å². The highest BCUT2D eigenvalue weighted by molar-refractivity contribution is 6.13. The van der Waals surface area contributed by atoms with Gasteiger partial charge in [0, 0.05) is 6.20 Å². The SMILES string of the molecule is CCCCOC(=O)/C(=C/N)C(=O)OCc1ccccc1. The maximum Gasteiger partial charge on any atom is 0.347 e. The molecular formula is C15H19NO4. The number of hydrogen-bond donors (Lipinski definition) is 1. The van der Waals surface area contributed by atoms with Crippen LogP contribution >= 0.6 is 0 Å². The van der Waals surface area contributed by atoms with Crippen molar-refractivity contribution in [1.29, 1.82) is 0 Å². The Bertz CT molecular complexity index is 468. The maximum atomic E-state index is 11.8. The molecule has 0 spiro atoms. The molecule has 1 aromatic carbocycles. The van der Waals surface area contributed by atoms with Gasteiger partial charge >= 0.3 is 11.9 Å². The van der Waals surface area contributed by atoms with Crippen LogP contribution in [0.2, 0.25) is 0 Å². The zero-order valence-electron chi connectivity index (χ0n) is 11.5. The third-order valence-corrected chi connectivity index (χ3v) is 2.55. The summed E-state index contributed by atoms with van der Waals surface area (Å²) in [7, 11) is 0. The maximum absolute atomic E-state index is 11.8. The molecular weight excluding hydrogens is 258 g/mol. The summed E-state index contributed by atoms with van der Waals surface area (Å²) in [6, 6.07) is 9.17. The van der Waals surface area contributed by atoms with Gasteiger partial charge in [-0.05, 0) is 12.0 Å². The van der Waals surface area contributed by atoms with Gasteiger partial charge in [-0.3, -0.25) is 0 Å². The van der Waals surface area contributed by atoms with E-state index in [2.05, 4.69) is 0 Å². The molecule has 5 heteroatoms. The van der Waals surface area contributed by atoms with Crippen LogP contribution in [0, 0.1) is 0 Å². The molecule has 0 unspecified atom stereocenters. The Labute approximate surface area is 118 Å². The summed E-state index contributed by atoms with van der Waals surface area (Å²) in [5.74, 6) is -1.53. The van der Waals surface area contributed by atoms with Crippen LogP contribution < -0.4 is 5.73 Å². The molecule has 0 aliphatic heterocycles. The van der Waals surface area contributed by atoms with Crippen LogP contribution in [0.5, 0.6) is 0 Å². The summed E-state index contributed by atoms with van der Waals surface area (Å²) in [4.78, 5) is 23.4. The Kier molecular flexibility index (Phi) is 6.89. The molecule has 108 valence electrons. The lowest BCUT2D eigenvalue weighted by molar-refractivity contribution is -0.147. The average molecular weight is 277 g/mol. The highest BCUT2D eigenvalue weighted by Gasteiger charge is 2.20. The number of unbranched alkanes of at least 4 members (excludes halogenated alkanes) is 1. The number of nitrogens with two attached hydrogens (primary N) is 1. The van der Waals surface area contributed by atoms with E-state index in [1.807, 2.05) is 37.3 Å². The minimum Gasteiger partial charge on any atom is -0.462 e. The van der Waals surface area contributed by atoms with Gasteiger partial charge in [0.1, 0.15) is 6.61 Å². The minimum absolute atomic E-state index is 0.0826. The van der Waals surface area contributed by atoms with Crippen LogP contribution in [-0.2, 0) is 25.7 Å². The number of ether oxygens (including phenoxy) is 2. The van der Waals surface area contributed by atoms with Gasteiger partial charge in [-0.25, -0.2) is 9.59 Å². The van der Waals surface area contributed by atoms with Crippen molar-refractivity contribution in [3.05, 3.63) is 47.7 Å². The molecule has 20 heavy (non-hydrogen) atoms. The number of rotatable bonds is 7. The van der Waals surface area contributed by atoms with Crippen molar-refractivity contribution in [3.8, 4) is 0 Å². The third-order valence-electron chi connectivity index (χ3n) is 2.55. The number of benzene rings is 1. The highest BCUT2D eigenvalue weighted by atomic mass is 16.6. The zero-order valence-corrected chi connectivity index (χ0v) is 11.5. The van der Waals surface area contributed by atoms with Crippen LogP contribution in [0.15, 0.2) is 42.1 Å². The summed E-state index contributed by atoms with van der Waals surface area (Å²) in [6.07, 6.45) is 2.55. The van der Waals surface area contributed by atoms with Crippen molar-refractivity contribution in [1.82, 2.24) is 0 Å². The molecule has 0 fully saturated rings. The number of hydrogen-bond acceptors (Lipinski definition) is 5. The first kappa shape index (κ1) is 15.8. The Morgan fingerprint density at radius 3 is 2.40 bits per heavy atom. The van der Waals surface area contributed by atoms with Crippen molar-refractivity contribution < 1.29 is 19.1 Å². The Hall–Kier alpha value is -2.30. The Balaban J connectivity index is 2.49. The van der Waals surface area contributed by atoms with E-state index in [-0.39, 0.29) is 18.8 Å². The van der Waals surface area contributed by atoms with Crippen molar-refractivity contribution in [2.45, 2.75) is 26.4 Å². The normalized spacial score (nSPS) is 10.9. The lowest BCUT2D eigenvalue weighted by Gasteiger charge is -2.08. The molecule has 1 rings (SSSR count). The van der Waals surface area contributed by atoms with Gasteiger partial charge in [0.25, 0.3) is 0 Å². The van der Waals surface area contributed by atoms with Crippen LogP contribution in [0.3, 0.4) is 0 Å². The molecule has 1 aromatic rings.